The molecule has 4 N–H and O–H groups in total. The first-order valence-electron chi connectivity index (χ1n) is 5.85. The van der Waals surface area contributed by atoms with E-state index in [2.05, 4.69) is 0 Å². The molecule has 0 unspecified atom stereocenters. The Hall–Kier alpha value is -1.46. The van der Waals surface area contributed by atoms with Crippen LogP contribution < -0.4 is 0 Å². The molecule has 1 aliphatic carbocycles. The van der Waals surface area contributed by atoms with Gasteiger partial charge in [0.15, 0.2) is 0 Å². The van der Waals surface area contributed by atoms with Crippen LogP contribution >= 0.6 is 0 Å². The van der Waals surface area contributed by atoms with E-state index >= 15 is 0 Å². The van der Waals surface area contributed by atoms with Crippen LogP contribution in [-0.2, 0) is 0 Å². The van der Waals surface area contributed by atoms with Gasteiger partial charge < -0.3 is 20.4 Å². The van der Waals surface area contributed by atoms with Gasteiger partial charge in [0.25, 0.3) is 0 Å². The molecular formula is C14H14O4. The Balaban J connectivity index is 2.32. The molecule has 94 valence electrons. The van der Waals surface area contributed by atoms with E-state index in [1.165, 1.54) is 0 Å². The Labute approximate surface area is 104 Å². The minimum Gasteiger partial charge on any atom is -0.387 e. The van der Waals surface area contributed by atoms with Crippen molar-refractivity contribution >= 4 is 10.8 Å². The fourth-order valence-corrected chi connectivity index (χ4v) is 2.63. The molecule has 2 aromatic carbocycles. The van der Waals surface area contributed by atoms with Crippen LogP contribution in [0.2, 0.25) is 0 Å². The molecule has 0 bridgehead atoms. The molecule has 0 aliphatic heterocycles. The third-order valence-electron chi connectivity index (χ3n) is 3.62. The zero-order valence-electron chi connectivity index (χ0n) is 9.56. The van der Waals surface area contributed by atoms with Crippen LogP contribution in [0.5, 0.6) is 0 Å². The third kappa shape index (κ3) is 1.47. The van der Waals surface area contributed by atoms with E-state index in [-0.39, 0.29) is 0 Å². The number of hydrogen-bond acceptors (Lipinski definition) is 4. The summed E-state index contributed by atoms with van der Waals surface area (Å²) in [4.78, 5) is 0. The number of benzene rings is 2. The van der Waals surface area contributed by atoms with E-state index in [1.807, 2.05) is 30.3 Å². The van der Waals surface area contributed by atoms with Gasteiger partial charge in [-0.2, -0.15) is 0 Å². The number of aliphatic hydroxyl groups is 4. The van der Waals surface area contributed by atoms with Crippen molar-refractivity contribution in [1.82, 2.24) is 0 Å². The quantitative estimate of drug-likeness (QED) is 0.550. The molecule has 4 nitrogen and oxygen atoms in total. The summed E-state index contributed by atoms with van der Waals surface area (Å²) in [5, 5.41) is 41.2. The lowest BCUT2D eigenvalue weighted by Gasteiger charge is -2.35. The summed E-state index contributed by atoms with van der Waals surface area (Å²) < 4.78 is 0. The molecule has 18 heavy (non-hydrogen) atoms. The maximum Gasteiger partial charge on any atom is 0.113 e. The fourth-order valence-electron chi connectivity index (χ4n) is 2.63. The van der Waals surface area contributed by atoms with Crippen molar-refractivity contribution < 1.29 is 20.4 Å². The molecule has 2 aromatic rings. The van der Waals surface area contributed by atoms with E-state index in [4.69, 9.17) is 0 Å². The topological polar surface area (TPSA) is 80.9 Å². The summed E-state index contributed by atoms with van der Waals surface area (Å²) >= 11 is 0. The summed E-state index contributed by atoms with van der Waals surface area (Å²) in [5.74, 6) is 0. The zero-order valence-corrected chi connectivity index (χ0v) is 9.56. The predicted molar refractivity (Wildman–Crippen MR) is 65.9 cm³/mol. The maximum absolute atomic E-state index is 10.1. The molecule has 0 radical (unpaired) electrons. The van der Waals surface area contributed by atoms with Crippen LogP contribution in [0.4, 0.5) is 0 Å². The standard InChI is InChI=1S/C14H14O4/c15-11-9-6-5-7-3-1-2-4-8(7)10(9)12(16)14(18)13(11)17/h1-6,11-18H/t11-,12+,13+,14-/m1/s1. The highest BCUT2D eigenvalue weighted by Gasteiger charge is 2.40. The lowest BCUT2D eigenvalue weighted by Crippen LogP contribution is -2.41. The lowest BCUT2D eigenvalue weighted by molar-refractivity contribution is -0.119. The van der Waals surface area contributed by atoms with Crippen molar-refractivity contribution in [3.63, 3.8) is 0 Å². The molecular weight excluding hydrogens is 232 g/mol. The molecule has 4 atom stereocenters. The van der Waals surface area contributed by atoms with Gasteiger partial charge in [-0.15, -0.1) is 0 Å². The number of rotatable bonds is 0. The van der Waals surface area contributed by atoms with Gasteiger partial charge in [0.05, 0.1) is 0 Å². The second-order valence-corrected chi connectivity index (χ2v) is 4.66. The smallest absolute Gasteiger partial charge is 0.113 e. The Bertz CT molecular complexity index is 595. The Morgan fingerprint density at radius 2 is 1.39 bits per heavy atom. The highest BCUT2D eigenvalue weighted by molar-refractivity contribution is 5.87. The first kappa shape index (κ1) is 11.6. The van der Waals surface area contributed by atoms with Crippen LogP contribution in [0.15, 0.2) is 36.4 Å². The minimum atomic E-state index is -1.38. The van der Waals surface area contributed by atoms with Crippen molar-refractivity contribution in [2.45, 2.75) is 24.4 Å². The van der Waals surface area contributed by atoms with Gasteiger partial charge in [-0.3, -0.25) is 0 Å². The van der Waals surface area contributed by atoms with Crippen molar-refractivity contribution in [3.05, 3.63) is 47.5 Å². The number of hydrogen-bond donors (Lipinski definition) is 4. The van der Waals surface area contributed by atoms with Crippen molar-refractivity contribution in [2.75, 3.05) is 0 Å². The molecule has 0 saturated carbocycles. The van der Waals surface area contributed by atoms with Crippen LogP contribution in [0, 0.1) is 0 Å². The summed E-state index contributed by atoms with van der Waals surface area (Å²) in [6, 6.07) is 10.9. The minimum absolute atomic E-state index is 0.471. The second kappa shape index (κ2) is 4.03. The van der Waals surface area contributed by atoms with Gasteiger partial charge in [0, 0.05) is 0 Å². The first-order valence-corrected chi connectivity index (χ1v) is 5.85. The van der Waals surface area contributed by atoms with Gasteiger partial charge in [-0.25, -0.2) is 0 Å². The van der Waals surface area contributed by atoms with Crippen LogP contribution in [-0.4, -0.2) is 32.6 Å². The van der Waals surface area contributed by atoms with Crippen LogP contribution in [0.3, 0.4) is 0 Å². The average molecular weight is 246 g/mol. The Kier molecular flexibility index (Phi) is 2.60. The molecule has 0 heterocycles. The highest BCUT2D eigenvalue weighted by atomic mass is 16.4. The Morgan fingerprint density at radius 1 is 0.722 bits per heavy atom. The van der Waals surface area contributed by atoms with Crippen molar-refractivity contribution in [1.29, 1.82) is 0 Å². The summed E-state index contributed by atoms with van der Waals surface area (Å²) in [6.07, 6.45) is -5.11. The van der Waals surface area contributed by atoms with Crippen LogP contribution in [0.25, 0.3) is 10.8 Å². The molecule has 0 saturated heterocycles. The van der Waals surface area contributed by atoms with Crippen LogP contribution in [0.1, 0.15) is 23.3 Å². The van der Waals surface area contributed by atoms with Gasteiger partial charge >= 0.3 is 0 Å². The second-order valence-electron chi connectivity index (χ2n) is 4.66. The van der Waals surface area contributed by atoms with Gasteiger partial charge in [0.2, 0.25) is 0 Å². The summed E-state index contributed by atoms with van der Waals surface area (Å²) in [6.45, 7) is 0. The van der Waals surface area contributed by atoms with Gasteiger partial charge in [-0.05, 0) is 21.9 Å². The van der Waals surface area contributed by atoms with Gasteiger partial charge in [0.1, 0.15) is 24.4 Å². The summed E-state index contributed by atoms with van der Waals surface area (Å²) in [7, 11) is 0. The summed E-state index contributed by atoms with van der Waals surface area (Å²) in [5.41, 5.74) is 0.970. The molecule has 4 heteroatoms. The average Bonchev–Trinajstić information content (AvgIpc) is 2.41. The zero-order chi connectivity index (χ0) is 12.9. The highest BCUT2D eigenvalue weighted by Crippen LogP contribution is 2.40. The van der Waals surface area contributed by atoms with E-state index < -0.39 is 24.4 Å². The van der Waals surface area contributed by atoms with E-state index in [9.17, 15) is 20.4 Å². The van der Waals surface area contributed by atoms with Crippen molar-refractivity contribution in [3.8, 4) is 0 Å². The molecule has 0 aromatic heterocycles. The molecule has 0 fully saturated rings. The van der Waals surface area contributed by atoms with E-state index in [0.717, 1.165) is 10.8 Å². The van der Waals surface area contributed by atoms with Crippen molar-refractivity contribution in [2.24, 2.45) is 0 Å². The van der Waals surface area contributed by atoms with E-state index in [0.29, 0.717) is 11.1 Å². The lowest BCUT2D eigenvalue weighted by atomic mass is 9.81. The largest absolute Gasteiger partial charge is 0.387 e. The Morgan fingerprint density at radius 3 is 2.17 bits per heavy atom. The molecule has 1 aliphatic rings. The van der Waals surface area contributed by atoms with E-state index in [1.54, 1.807) is 6.07 Å². The third-order valence-corrected chi connectivity index (χ3v) is 3.62. The first-order chi connectivity index (χ1) is 8.61. The number of aliphatic hydroxyl groups excluding tert-OH is 4. The predicted octanol–water partition coefficient (Wildman–Crippen LogP) is 0.642. The molecule has 3 rings (SSSR count). The number of fused-ring (bicyclic) bond motifs is 3. The maximum atomic E-state index is 10.1. The fraction of sp³-hybridized carbons (Fsp3) is 0.286. The molecule has 0 amide bonds. The molecule has 0 spiro atoms. The monoisotopic (exact) mass is 246 g/mol. The normalized spacial score (nSPS) is 31.3. The SMILES string of the molecule is O[C@@H]1[C@H](O)[C@@H](O)c2c(ccc3ccccc23)[C@H]1O. The van der Waals surface area contributed by atoms with Gasteiger partial charge in [-0.1, -0.05) is 36.4 Å².